The van der Waals surface area contributed by atoms with Gasteiger partial charge in [-0.15, -0.1) is 0 Å². The molecule has 0 N–H and O–H groups in total. The molecular weight excluding hydrogens is 249 g/mol. The summed E-state index contributed by atoms with van der Waals surface area (Å²) in [6.45, 7) is 3.40. The molecule has 0 spiro atoms. The summed E-state index contributed by atoms with van der Waals surface area (Å²) in [6.07, 6.45) is 1.02. The Morgan fingerprint density at radius 1 is 1.37 bits per heavy atom. The van der Waals surface area contributed by atoms with Gasteiger partial charge in [0.05, 0.1) is 6.20 Å². The maximum atomic E-state index is 13.4. The van der Waals surface area contributed by atoms with Crippen LogP contribution in [0.4, 0.5) is 4.39 Å². The van der Waals surface area contributed by atoms with Crippen LogP contribution < -0.4 is 0 Å². The number of nitrogens with zero attached hydrogens (tertiary/aromatic N) is 3. The Kier molecular flexibility index (Phi) is 3.33. The van der Waals surface area contributed by atoms with Crippen LogP contribution in [0.15, 0.2) is 16.7 Å². The van der Waals surface area contributed by atoms with Gasteiger partial charge >= 0.3 is 0 Å². The van der Waals surface area contributed by atoms with Crippen molar-refractivity contribution in [3.8, 4) is 11.3 Å². The van der Waals surface area contributed by atoms with Gasteiger partial charge in [0, 0.05) is 26.6 Å². The summed E-state index contributed by atoms with van der Waals surface area (Å²) in [7, 11) is 3.22. The van der Waals surface area contributed by atoms with Gasteiger partial charge in [0.15, 0.2) is 5.89 Å². The zero-order valence-corrected chi connectivity index (χ0v) is 11.2. The molecule has 19 heavy (non-hydrogen) atoms. The standard InChI is InChI=1S/C13H14FN3O2/c1-7-11(16-8(2)19-7)10-5-9(14)6-15-12(10)13(18)17(3)4/h5-6H,1-4H3. The number of hydrogen-bond acceptors (Lipinski definition) is 4. The van der Waals surface area contributed by atoms with Crippen molar-refractivity contribution in [2.45, 2.75) is 13.8 Å². The van der Waals surface area contributed by atoms with Gasteiger partial charge in [0.1, 0.15) is 23.0 Å². The molecule has 2 aromatic heterocycles. The molecule has 0 bridgehead atoms. The monoisotopic (exact) mass is 263 g/mol. The smallest absolute Gasteiger partial charge is 0.272 e. The maximum Gasteiger partial charge on any atom is 0.272 e. The number of carbonyl (C=O) groups is 1. The number of pyridine rings is 1. The van der Waals surface area contributed by atoms with E-state index >= 15 is 0 Å². The van der Waals surface area contributed by atoms with E-state index in [4.69, 9.17) is 4.42 Å². The predicted octanol–water partition coefficient (Wildman–Crippen LogP) is 2.19. The van der Waals surface area contributed by atoms with Crippen molar-refractivity contribution < 1.29 is 13.6 Å². The van der Waals surface area contributed by atoms with Gasteiger partial charge in [0.2, 0.25) is 0 Å². The van der Waals surface area contributed by atoms with Crippen LogP contribution >= 0.6 is 0 Å². The van der Waals surface area contributed by atoms with Crippen molar-refractivity contribution >= 4 is 5.91 Å². The van der Waals surface area contributed by atoms with Crippen molar-refractivity contribution in [3.63, 3.8) is 0 Å². The minimum Gasteiger partial charge on any atom is -0.446 e. The van der Waals surface area contributed by atoms with Crippen LogP contribution in [-0.4, -0.2) is 34.9 Å². The molecule has 0 fully saturated rings. The van der Waals surface area contributed by atoms with Gasteiger partial charge in [0.25, 0.3) is 5.91 Å². The molecule has 0 aliphatic carbocycles. The molecule has 0 unspecified atom stereocenters. The summed E-state index contributed by atoms with van der Waals surface area (Å²) in [5.41, 5.74) is 0.936. The number of halogens is 1. The van der Waals surface area contributed by atoms with E-state index in [2.05, 4.69) is 9.97 Å². The fourth-order valence-electron chi connectivity index (χ4n) is 1.78. The van der Waals surface area contributed by atoms with Crippen LogP contribution in [0.25, 0.3) is 11.3 Å². The first-order chi connectivity index (χ1) is 8.90. The third kappa shape index (κ3) is 2.47. The highest BCUT2D eigenvalue weighted by Gasteiger charge is 2.21. The molecule has 0 radical (unpaired) electrons. The average molecular weight is 263 g/mol. The van der Waals surface area contributed by atoms with Crippen molar-refractivity contribution in [1.29, 1.82) is 0 Å². The quantitative estimate of drug-likeness (QED) is 0.833. The van der Waals surface area contributed by atoms with Gasteiger partial charge in [-0.1, -0.05) is 0 Å². The zero-order valence-electron chi connectivity index (χ0n) is 11.2. The third-order valence-electron chi connectivity index (χ3n) is 2.62. The number of aromatic nitrogens is 2. The Balaban J connectivity index is 2.64. The van der Waals surface area contributed by atoms with E-state index in [0.717, 1.165) is 6.20 Å². The Bertz CT molecular complexity index is 635. The molecule has 1 amide bonds. The van der Waals surface area contributed by atoms with Crippen molar-refractivity contribution in [1.82, 2.24) is 14.9 Å². The van der Waals surface area contributed by atoms with Crippen LogP contribution in [-0.2, 0) is 0 Å². The van der Waals surface area contributed by atoms with Gasteiger partial charge in [-0.2, -0.15) is 0 Å². The second-order valence-electron chi connectivity index (χ2n) is 4.39. The molecule has 5 nitrogen and oxygen atoms in total. The van der Waals surface area contributed by atoms with E-state index < -0.39 is 5.82 Å². The number of oxazole rings is 1. The highest BCUT2D eigenvalue weighted by Crippen LogP contribution is 2.26. The number of rotatable bonds is 2. The third-order valence-corrected chi connectivity index (χ3v) is 2.62. The summed E-state index contributed by atoms with van der Waals surface area (Å²) in [5.74, 6) is 0.151. The highest BCUT2D eigenvalue weighted by molar-refractivity contribution is 5.98. The normalized spacial score (nSPS) is 10.6. The molecule has 0 saturated carbocycles. The van der Waals surface area contributed by atoms with Crippen LogP contribution in [0.5, 0.6) is 0 Å². The minimum absolute atomic E-state index is 0.155. The summed E-state index contributed by atoms with van der Waals surface area (Å²) in [4.78, 5) is 21.5. The Morgan fingerprint density at radius 3 is 2.58 bits per heavy atom. The van der Waals surface area contributed by atoms with Gasteiger partial charge in [-0.3, -0.25) is 4.79 Å². The molecule has 0 saturated heterocycles. The van der Waals surface area contributed by atoms with Crippen LogP contribution in [0.3, 0.4) is 0 Å². The summed E-state index contributed by atoms with van der Waals surface area (Å²) in [6, 6.07) is 1.24. The fourth-order valence-corrected chi connectivity index (χ4v) is 1.78. The Hall–Kier alpha value is -2.24. The molecule has 0 aromatic carbocycles. The largest absolute Gasteiger partial charge is 0.446 e. The number of carbonyl (C=O) groups excluding carboxylic acids is 1. The van der Waals surface area contributed by atoms with E-state index in [1.165, 1.54) is 11.0 Å². The number of hydrogen-bond donors (Lipinski definition) is 0. The van der Waals surface area contributed by atoms with E-state index in [9.17, 15) is 9.18 Å². The van der Waals surface area contributed by atoms with E-state index in [1.54, 1.807) is 27.9 Å². The number of aryl methyl sites for hydroxylation is 2. The minimum atomic E-state index is -0.523. The molecule has 100 valence electrons. The molecule has 2 aromatic rings. The molecule has 0 aliphatic rings. The van der Waals surface area contributed by atoms with Crippen LogP contribution in [0.2, 0.25) is 0 Å². The number of amides is 1. The first-order valence-corrected chi connectivity index (χ1v) is 5.71. The van der Waals surface area contributed by atoms with Crippen molar-refractivity contribution in [2.75, 3.05) is 14.1 Å². The Morgan fingerprint density at radius 2 is 2.05 bits per heavy atom. The second kappa shape index (κ2) is 4.79. The lowest BCUT2D eigenvalue weighted by Gasteiger charge is -2.12. The van der Waals surface area contributed by atoms with E-state index in [-0.39, 0.29) is 11.6 Å². The van der Waals surface area contributed by atoms with E-state index in [0.29, 0.717) is 22.9 Å². The lowest BCUT2D eigenvalue weighted by molar-refractivity contribution is 0.0822. The summed E-state index contributed by atoms with van der Waals surface area (Å²) < 4.78 is 18.7. The van der Waals surface area contributed by atoms with E-state index in [1.807, 2.05) is 0 Å². The van der Waals surface area contributed by atoms with Gasteiger partial charge in [-0.05, 0) is 13.0 Å². The lowest BCUT2D eigenvalue weighted by atomic mass is 10.1. The molecule has 0 aliphatic heterocycles. The maximum absolute atomic E-state index is 13.4. The first-order valence-electron chi connectivity index (χ1n) is 5.71. The predicted molar refractivity (Wildman–Crippen MR) is 67.2 cm³/mol. The van der Waals surface area contributed by atoms with Crippen LogP contribution in [0, 0.1) is 19.7 Å². The topological polar surface area (TPSA) is 59.2 Å². The molecular formula is C13H14FN3O2. The SMILES string of the molecule is Cc1nc(-c2cc(F)cnc2C(=O)N(C)C)c(C)o1. The summed E-state index contributed by atoms with van der Waals surface area (Å²) >= 11 is 0. The molecule has 6 heteroatoms. The molecule has 2 rings (SSSR count). The highest BCUT2D eigenvalue weighted by atomic mass is 19.1. The summed E-state index contributed by atoms with van der Waals surface area (Å²) in [5, 5.41) is 0. The molecule has 2 heterocycles. The fraction of sp³-hybridized carbons (Fsp3) is 0.308. The van der Waals surface area contributed by atoms with Crippen molar-refractivity contribution in [2.24, 2.45) is 0 Å². The lowest BCUT2D eigenvalue weighted by Crippen LogP contribution is -2.23. The van der Waals surface area contributed by atoms with Gasteiger partial charge < -0.3 is 9.32 Å². The van der Waals surface area contributed by atoms with Crippen molar-refractivity contribution in [3.05, 3.63) is 35.4 Å². The van der Waals surface area contributed by atoms with Crippen LogP contribution in [0.1, 0.15) is 22.1 Å². The first kappa shape index (κ1) is 13.2. The molecule has 0 atom stereocenters. The Labute approximate surface area is 110 Å². The second-order valence-corrected chi connectivity index (χ2v) is 4.39. The average Bonchev–Trinajstić information content (AvgIpc) is 2.67. The zero-order chi connectivity index (χ0) is 14.2. The van der Waals surface area contributed by atoms with Gasteiger partial charge in [-0.25, -0.2) is 14.4 Å².